The van der Waals surface area contributed by atoms with Crippen molar-refractivity contribution in [3.63, 3.8) is 0 Å². The first-order chi connectivity index (χ1) is 7.40. The summed E-state index contributed by atoms with van der Waals surface area (Å²) in [6.45, 7) is 0.317. The van der Waals surface area contributed by atoms with Gasteiger partial charge in [-0.3, -0.25) is 0 Å². The molecular weight excluding hydrogens is 204 g/mol. The van der Waals surface area contributed by atoms with Crippen molar-refractivity contribution < 1.29 is 5.11 Å². The van der Waals surface area contributed by atoms with Crippen LogP contribution in [0.15, 0.2) is 18.2 Å². The summed E-state index contributed by atoms with van der Waals surface area (Å²) in [5.41, 5.74) is 4.56. The monoisotopic (exact) mass is 222 g/mol. The fourth-order valence-corrected chi connectivity index (χ4v) is 2.96. The molecule has 1 N–H and O–H groups in total. The molecule has 1 nitrogen and oxygen atoms in total. The number of aliphatic hydroxyl groups excluding tert-OH is 1. The summed E-state index contributed by atoms with van der Waals surface area (Å²) in [6.07, 6.45) is 4.78. The highest BCUT2D eigenvalue weighted by molar-refractivity contribution is 7.98. The molecule has 0 radical (unpaired) electrons. The van der Waals surface area contributed by atoms with Crippen LogP contribution in [0.5, 0.6) is 0 Å². The summed E-state index contributed by atoms with van der Waals surface area (Å²) < 4.78 is 0. The van der Waals surface area contributed by atoms with Gasteiger partial charge in [0.05, 0.1) is 0 Å². The average Bonchev–Trinajstić information content (AvgIpc) is 2.71. The molecule has 1 aromatic rings. The summed E-state index contributed by atoms with van der Waals surface area (Å²) in [7, 11) is 0. The largest absolute Gasteiger partial charge is 0.396 e. The molecule has 2 rings (SSSR count). The van der Waals surface area contributed by atoms with Crippen LogP contribution < -0.4 is 0 Å². The molecule has 0 saturated carbocycles. The number of rotatable bonds is 5. The molecular formula is C13H18OS. The first-order valence-corrected chi connectivity index (χ1v) is 6.85. The maximum absolute atomic E-state index is 8.68. The highest BCUT2D eigenvalue weighted by atomic mass is 32.2. The molecule has 0 bridgehead atoms. The van der Waals surface area contributed by atoms with Gasteiger partial charge >= 0.3 is 0 Å². The van der Waals surface area contributed by atoms with Crippen LogP contribution in [-0.2, 0) is 18.6 Å². The van der Waals surface area contributed by atoms with Crippen LogP contribution in [0, 0.1) is 0 Å². The molecule has 15 heavy (non-hydrogen) atoms. The number of hydrogen-bond acceptors (Lipinski definition) is 2. The van der Waals surface area contributed by atoms with Gasteiger partial charge in [0.25, 0.3) is 0 Å². The first kappa shape index (κ1) is 11.0. The van der Waals surface area contributed by atoms with Gasteiger partial charge in [0.15, 0.2) is 0 Å². The highest BCUT2D eigenvalue weighted by Crippen LogP contribution is 2.24. The van der Waals surface area contributed by atoms with Crippen molar-refractivity contribution in [3.8, 4) is 0 Å². The first-order valence-electron chi connectivity index (χ1n) is 5.69. The lowest BCUT2D eigenvalue weighted by Crippen LogP contribution is -1.89. The van der Waals surface area contributed by atoms with Gasteiger partial charge < -0.3 is 5.11 Å². The number of aryl methyl sites for hydroxylation is 2. The summed E-state index contributed by atoms with van der Waals surface area (Å²) in [4.78, 5) is 0. The molecule has 1 aromatic carbocycles. The molecule has 0 spiro atoms. The minimum absolute atomic E-state index is 0.317. The Morgan fingerprint density at radius 1 is 1.20 bits per heavy atom. The van der Waals surface area contributed by atoms with E-state index in [4.69, 9.17) is 5.11 Å². The van der Waals surface area contributed by atoms with E-state index in [2.05, 4.69) is 18.2 Å². The standard InChI is InChI=1S/C13H18OS/c14-7-2-8-15-10-11-5-6-12-3-1-4-13(12)9-11/h5-6,9,14H,1-4,7-8,10H2. The van der Waals surface area contributed by atoms with Crippen molar-refractivity contribution >= 4 is 11.8 Å². The normalized spacial score (nSPS) is 14.2. The molecule has 82 valence electrons. The van der Waals surface area contributed by atoms with Crippen molar-refractivity contribution in [2.45, 2.75) is 31.4 Å². The second kappa shape index (κ2) is 5.57. The zero-order valence-corrected chi connectivity index (χ0v) is 9.85. The third kappa shape index (κ3) is 2.99. The van der Waals surface area contributed by atoms with E-state index < -0.39 is 0 Å². The van der Waals surface area contributed by atoms with Crippen LogP contribution in [0.3, 0.4) is 0 Å². The Labute approximate surface area is 95.9 Å². The van der Waals surface area contributed by atoms with E-state index in [1.54, 1.807) is 11.1 Å². The molecule has 1 aliphatic rings. The molecule has 0 saturated heterocycles. The van der Waals surface area contributed by atoms with Crippen molar-refractivity contribution in [2.75, 3.05) is 12.4 Å². The van der Waals surface area contributed by atoms with Gasteiger partial charge in [0.2, 0.25) is 0 Å². The van der Waals surface area contributed by atoms with Gasteiger partial charge in [0.1, 0.15) is 0 Å². The summed E-state index contributed by atoms with van der Waals surface area (Å²) in [5.74, 6) is 2.15. The van der Waals surface area contributed by atoms with Gasteiger partial charge in [-0.05, 0) is 48.1 Å². The zero-order valence-electron chi connectivity index (χ0n) is 9.04. The van der Waals surface area contributed by atoms with Crippen LogP contribution in [0.4, 0.5) is 0 Å². The van der Waals surface area contributed by atoms with E-state index in [1.807, 2.05) is 11.8 Å². The molecule has 0 aromatic heterocycles. The molecule has 1 aliphatic carbocycles. The predicted octanol–water partition coefficient (Wildman–Crippen LogP) is 2.79. The van der Waals surface area contributed by atoms with Crippen molar-refractivity contribution in [1.29, 1.82) is 0 Å². The minimum Gasteiger partial charge on any atom is -0.396 e. The van der Waals surface area contributed by atoms with E-state index in [0.717, 1.165) is 17.9 Å². The van der Waals surface area contributed by atoms with Crippen LogP contribution in [0.2, 0.25) is 0 Å². The number of aliphatic hydroxyl groups is 1. The predicted molar refractivity (Wildman–Crippen MR) is 66.3 cm³/mol. The smallest absolute Gasteiger partial charge is 0.0438 e. The maximum Gasteiger partial charge on any atom is 0.0438 e. The Bertz CT molecular complexity index is 322. The van der Waals surface area contributed by atoms with Gasteiger partial charge in [0, 0.05) is 12.4 Å². The lowest BCUT2D eigenvalue weighted by molar-refractivity contribution is 0.296. The van der Waals surface area contributed by atoms with E-state index in [1.165, 1.54) is 24.8 Å². The second-order valence-corrected chi connectivity index (χ2v) is 5.19. The Morgan fingerprint density at radius 2 is 2.07 bits per heavy atom. The van der Waals surface area contributed by atoms with Gasteiger partial charge in [-0.2, -0.15) is 11.8 Å². The zero-order chi connectivity index (χ0) is 10.5. The molecule has 0 atom stereocenters. The van der Waals surface area contributed by atoms with E-state index in [-0.39, 0.29) is 0 Å². The molecule has 2 heteroatoms. The Balaban J connectivity index is 1.87. The lowest BCUT2D eigenvalue weighted by atomic mass is 10.1. The Morgan fingerprint density at radius 3 is 2.93 bits per heavy atom. The number of thioether (sulfide) groups is 1. The van der Waals surface area contributed by atoms with Crippen molar-refractivity contribution in [2.24, 2.45) is 0 Å². The van der Waals surface area contributed by atoms with E-state index in [0.29, 0.717) is 6.61 Å². The quantitative estimate of drug-likeness (QED) is 0.773. The lowest BCUT2D eigenvalue weighted by Gasteiger charge is -2.04. The van der Waals surface area contributed by atoms with Crippen molar-refractivity contribution in [1.82, 2.24) is 0 Å². The van der Waals surface area contributed by atoms with Crippen LogP contribution in [0.25, 0.3) is 0 Å². The molecule has 0 unspecified atom stereocenters. The van der Waals surface area contributed by atoms with E-state index in [9.17, 15) is 0 Å². The average molecular weight is 222 g/mol. The summed E-state index contributed by atoms with van der Waals surface area (Å²) >= 11 is 1.92. The van der Waals surface area contributed by atoms with Crippen molar-refractivity contribution in [3.05, 3.63) is 34.9 Å². The fourth-order valence-electron chi connectivity index (χ4n) is 2.07. The van der Waals surface area contributed by atoms with Crippen LogP contribution in [0.1, 0.15) is 29.5 Å². The second-order valence-electron chi connectivity index (χ2n) is 4.09. The van der Waals surface area contributed by atoms with Gasteiger partial charge in [-0.25, -0.2) is 0 Å². The minimum atomic E-state index is 0.317. The topological polar surface area (TPSA) is 20.2 Å². The van der Waals surface area contributed by atoms with Gasteiger partial charge in [-0.1, -0.05) is 18.2 Å². The molecule has 0 amide bonds. The number of fused-ring (bicyclic) bond motifs is 1. The summed E-state index contributed by atoms with van der Waals surface area (Å²) in [5, 5.41) is 8.68. The fraction of sp³-hybridized carbons (Fsp3) is 0.538. The summed E-state index contributed by atoms with van der Waals surface area (Å²) in [6, 6.07) is 6.93. The maximum atomic E-state index is 8.68. The highest BCUT2D eigenvalue weighted by Gasteiger charge is 2.10. The number of benzene rings is 1. The van der Waals surface area contributed by atoms with Crippen LogP contribution >= 0.6 is 11.8 Å². The van der Waals surface area contributed by atoms with E-state index >= 15 is 0 Å². The third-order valence-electron chi connectivity index (χ3n) is 2.88. The molecule has 0 heterocycles. The Hall–Kier alpha value is -0.470. The van der Waals surface area contributed by atoms with Crippen LogP contribution in [-0.4, -0.2) is 17.5 Å². The number of hydrogen-bond donors (Lipinski definition) is 1. The van der Waals surface area contributed by atoms with Gasteiger partial charge in [-0.15, -0.1) is 0 Å². The molecule has 0 aliphatic heterocycles. The Kier molecular flexibility index (Phi) is 4.09. The molecule has 0 fully saturated rings. The third-order valence-corrected chi connectivity index (χ3v) is 3.99. The SMILES string of the molecule is OCCCSCc1ccc2c(c1)CCC2.